The monoisotopic (exact) mass is 306 g/mol. The largest absolute Gasteiger partial charge is 0.378 e. The van der Waals surface area contributed by atoms with Crippen LogP contribution in [-0.2, 0) is 6.54 Å². The van der Waals surface area contributed by atoms with E-state index in [1.54, 1.807) is 0 Å². The fourth-order valence-corrected chi connectivity index (χ4v) is 3.46. The second kappa shape index (κ2) is 5.07. The van der Waals surface area contributed by atoms with Crippen molar-refractivity contribution in [2.45, 2.75) is 20.4 Å². The SMILES string of the molecule is CCn1c(-c2c(C)nsc2NC)nc2cccc(Cl)c21. The van der Waals surface area contributed by atoms with Crippen LogP contribution in [0.3, 0.4) is 0 Å². The van der Waals surface area contributed by atoms with Gasteiger partial charge in [-0.2, -0.15) is 4.37 Å². The lowest BCUT2D eigenvalue weighted by Crippen LogP contribution is -2.00. The Hall–Kier alpha value is -1.59. The van der Waals surface area contributed by atoms with Crippen molar-refractivity contribution in [2.24, 2.45) is 0 Å². The van der Waals surface area contributed by atoms with Gasteiger partial charge in [0.25, 0.3) is 0 Å². The molecular formula is C14H15ClN4S. The van der Waals surface area contributed by atoms with Crippen molar-refractivity contribution in [3.8, 4) is 11.4 Å². The van der Waals surface area contributed by atoms with Crippen LogP contribution in [0.1, 0.15) is 12.6 Å². The van der Waals surface area contributed by atoms with Crippen LogP contribution in [0.4, 0.5) is 5.00 Å². The van der Waals surface area contributed by atoms with Crippen molar-refractivity contribution < 1.29 is 0 Å². The molecule has 0 fully saturated rings. The average molecular weight is 307 g/mol. The number of nitrogens with zero attached hydrogens (tertiary/aromatic N) is 3. The summed E-state index contributed by atoms with van der Waals surface area (Å²) < 4.78 is 6.57. The third kappa shape index (κ3) is 1.89. The molecule has 3 rings (SSSR count). The molecule has 104 valence electrons. The summed E-state index contributed by atoms with van der Waals surface area (Å²) in [6.07, 6.45) is 0. The van der Waals surface area contributed by atoms with E-state index in [2.05, 4.69) is 21.2 Å². The number of hydrogen-bond donors (Lipinski definition) is 1. The van der Waals surface area contributed by atoms with Crippen LogP contribution >= 0.6 is 23.1 Å². The summed E-state index contributed by atoms with van der Waals surface area (Å²) in [7, 11) is 1.91. The minimum absolute atomic E-state index is 0.731. The Balaban J connectivity index is 2.37. The molecular weight excluding hydrogens is 292 g/mol. The summed E-state index contributed by atoms with van der Waals surface area (Å²) in [5, 5.41) is 4.96. The van der Waals surface area contributed by atoms with Crippen LogP contribution in [0, 0.1) is 6.92 Å². The van der Waals surface area contributed by atoms with Gasteiger partial charge in [0.1, 0.15) is 10.8 Å². The molecule has 6 heteroatoms. The highest BCUT2D eigenvalue weighted by Crippen LogP contribution is 2.37. The molecule has 0 atom stereocenters. The van der Waals surface area contributed by atoms with E-state index < -0.39 is 0 Å². The van der Waals surface area contributed by atoms with Crippen LogP contribution in [0.15, 0.2) is 18.2 Å². The summed E-state index contributed by atoms with van der Waals surface area (Å²) >= 11 is 7.80. The highest BCUT2D eigenvalue weighted by molar-refractivity contribution is 7.10. The molecule has 0 aliphatic heterocycles. The van der Waals surface area contributed by atoms with Gasteiger partial charge in [-0.1, -0.05) is 17.7 Å². The highest BCUT2D eigenvalue weighted by atomic mass is 35.5. The first-order valence-electron chi connectivity index (χ1n) is 6.46. The Kier molecular flexibility index (Phi) is 3.40. The van der Waals surface area contributed by atoms with Crippen molar-refractivity contribution >= 4 is 39.2 Å². The Morgan fingerprint density at radius 1 is 1.40 bits per heavy atom. The van der Waals surface area contributed by atoms with Gasteiger partial charge in [-0.05, 0) is 37.5 Å². The molecule has 0 bridgehead atoms. The van der Waals surface area contributed by atoms with Gasteiger partial charge in [-0.3, -0.25) is 0 Å². The molecule has 0 saturated carbocycles. The molecule has 4 nitrogen and oxygen atoms in total. The van der Waals surface area contributed by atoms with Gasteiger partial charge in [0, 0.05) is 13.6 Å². The smallest absolute Gasteiger partial charge is 0.146 e. The molecule has 2 aromatic heterocycles. The van der Waals surface area contributed by atoms with Crippen molar-refractivity contribution in [1.29, 1.82) is 0 Å². The van der Waals surface area contributed by atoms with E-state index in [0.717, 1.165) is 44.7 Å². The molecule has 1 N–H and O–H groups in total. The lowest BCUT2D eigenvalue weighted by atomic mass is 10.2. The number of aryl methyl sites for hydroxylation is 2. The van der Waals surface area contributed by atoms with Crippen LogP contribution in [0.2, 0.25) is 5.02 Å². The van der Waals surface area contributed by atoms with Gasteiger partial charge >= 0.3 is 0 Å². The second-order valence-corrected chi connectivity index (χ2v) is 5.69. The minimum atomic E-state index is 0.731. The predicted octanol–water partition coefficient (Wildman–Crippen LogP) is 4.18. The lowest BCUT2D eigenvalue weighted by molar-refractivity contribution is 0.796. The number of aromatic nitrogens is 3. The van der Waals surface area contributed by atoms with Crippen molar-refractivity contribution in [3.63, 3.8) is 0 Å². The summed E-state index contributed by atoms with van der Waals surface area (Å²) in [5.74, 6) is 0.922. The van der Waals surface area contributed by atoms with E-state index in [1.807, 2.05) is 32.2 Å². The number of nitrogens with one attached hydrogen (secondary N) is 1. The Morgan fingerprint density at radius 2 is 2.20 bits per heavy atom. The fraction of sp³-hybridized carbons (Fsp3) is 0.286. The zero-order valence-electron chi connectivity index (χ0n) is 11.6. The maximum Gasteiger partial charge on any atom is 0.146 e. The maximum atomic E-state index is 6.34. The molecule has 0 saturated heterocycles. The van der Waals surface area contributed by atoms with Gasteiger partial charge in [-0.25, -0.2) is 4.98 Å². The van der Waals surface area contributed by atoms with E-state index in [-0.39, 0.29) is 0 Å². The number of fused-ring (bicyclic) bond motifs is 1. The Bertz CT molecular complexity index is 775. The third-order valence-electron chi connectivity index (χ3n) is 3.35. The molecule has 1 aromatic carbocycles. The van der Waals surface area contributed by atoms with Gasteiger partial charge in [0.05, 0.1) is 27.3 Å². The van der Waals surface area contributed by atoms with Gasteiger partial charge in [-0.15, -0.1) is 0 Å². The molecule has 0 aliphatic carbocycles. The molecule has 0 unspecified atom stereocenters. The first-order chi connectivity index (χ1) is 9.67. The Labute approximate surface area is 126 Å². The topological polar surface area (TPSA) is 42.7 Å². The standard InChI is InChI=1S/C14H15ClN4S/c1-4-19-12-9(15)6-5-7-10(12)17-13(19)11-8(2)18-20-14(11)16-3/h5-7,16H,4H2,1-3H3. The summed E-state index contributed by atoms with van der Waals surface area (Å²) in [6.45, 7) is 4.92. The van der Waals surface area contributed by atoms with E-state index in [9.17, 15) is 0 Å². The van der Waals surface area contributed by atoms with E-state index in [4.69, 9.17) is 16.6 Å². The number of benzene rings is 1. The zero-order valence-corrected chi connectivity index (χ0v) is 13.1. The van der Waals surface area contributed by atoms with E-state index in [0.29, 0.717) is 0 Å². The zero-order chi connectivity index (χ0) is 14.3. The summed E-state index contributed by atoms with van der Waals surface area (Å²) in [5.41, 5.74) is 3.95. The van der Waals surface area contributed by atoms with Crippen molar-refractivity contribution in [2.75, 3.05) is 12.4 Å². The number of para-hydroxylation sites is 1. The number of imidazole rings is 1. The third-order valence-corrected chi connectivity index (χ3v) is 4.61. The summed E-state index contributed by atoms with van der Waals surface area (Å²) in [6, 6.07) is 5.82. The van der Waals surface area contributed by atoms with Crippen molar-refractivity contribution in [1.82, 2.24) is 13.9 Å². The fourth-order valence-electron chi connectivity index (χ4n) is 2.44. The minimum Gasteiger partial charge on any atom is -0.378 e. The molecule has 0 amide bonds. The van der Waals surface area contributed by atoms with Crippen LogP contribution in [-0.4, -0.2) is 21.0 Å². The molecule has 0 aliphatic rings. The average Bonchev–Trinajstić information content (AvgIpc) is 2.99. The molecule has 2 heterocycles. The van der Waals surface area contributed by atoms with E-state index in [1.165, 1.54) is 11.5 Å². The van der Waals surface area contributed by atoms with Crippen LogP contribution in [0.5, 0.6) is 0 Å². The van der Waals surface area contributed by atoms with Gasteiger partial charge in [0.15, 0.2) is 0 Å². The number of rotatable bonds is 3. The molecule has 0 spiro atoms. The maximum absolute atomic E-state index is 6.34. The summed E-state index contributed by atoms with van der Waals surface area (Å²) in [4.78, 5) is 4.76. The lowest BCUT2D eigenvalue weighted by Gasteiger charge is -2.08. The second-order valence-electron chi connectivity index (χ2n) is 4.51. The molecule has 0 radical (unpaired) electrons. The van der Waals surface area contributed by atoms with E-state index >= 15 is 0 Å². The van der Waals surface area contributed by atoms with Crippen molar-refractivity contribution in [3.05, 3.63) is 28.9 Å². The number of halogens is 1. The predicted molar refractivity (Wildman–Crippen MR) is 85.8 cm³/mol. The number of anilines is 1. The van der Waals surface area contributed by atoms with Gasteiger partial charge < -0.3 is 9.88 Å². The Morgan fingerprint density at radius 3 is 2.90 bits per heavy atom. The quantitative estimate of drug-likeness (QED) is 0.789. The van der Waals surface area contributed by atoms with Crippen LogP contribution in [0.25, 0.3) is 22.4 Å². The number of hydrogen-bond acceptors (Lipinski definition) is 4. The molecule has 20 heavy (non-hydrogen) atoms. The first kappa shape index (κ1) is 13.4. The normalized spacial score (nSPS) is 11.2. The first-order valence-corrected chi connectivity index (χ1v) is 7.61. The molecule has 3 aromatic rings. The highest BCUT2D eigenvalue weighted by Gasteiger charge is 2.20. The van der Waals surface area contributed by atoms with Crippen LogP contribution < -0.4 is 5.32 Å². The van der Waals surface area contributed by atoms with Gasteiger partial charge in [0.2, 0.25) is 0 Å².